The topological polar surface area (TPSA) is 78.9 Å². The highest BCUT2D eigenvalue weighted by Gasteiger charge is 2.19. The summed E-state index contributed by atoms with van der Waals surface area (Å²) in [7, 11) is 0. The van der Waals surface area contributed by atoms with Crippen molar-refractivity contribution in [3.8, 4) is 0 Å². The van der Waals surface area contributed by atoms with E-state index in [0.717, 1.165) is 77.0 Å². The predicted molar refractivity (Wildman–Crippen MR) is 279 cm³/mol. The third kappa shape index (κ3) is 52.5. The molecule has 0 aliphatic heterocycles. The Hall–Kier alpha value is -2.37. The molecule has 0 aromatic carbocycles. The van der Waals surface area contributed by atoms with E-state index < -0.39 is 6.10 Å². The minimum Gasteiger partial charge on any atom is -0.462 e. The van der Waals surface area contributed by atoms with Crippen molar-refractivity contribution >= 4 is 17.9 Å². The van der Waals surface area contributed by atoms with Gasteiger partial charge >= 0.3 is 17.9 Å². The Bertz CT molecular complexity index is 1090. The molecule has 0 rings (SSSR count). The SMILES string of the molecule is CCCC/C=C\CCCCCCCC(=O)OC(COC(=O)CCCCCCCCC)COC(=O)CCCCCCCCCCCCCCCCCCC/C=C\C/C=C\CCCCCCC. The number of carbonyl (C=O) groups excluding carboxylic acids is 3. The number of hydrogen-bond donors (Lipinski definition) is 0. The molecule has 0 bridgehead atoms. The summed E-state index contributed by atoms with van der Waals surface area (Å²) in [5.41, 5.74) is 0. The smallest absolute Gasteiger partial charge is 0.306 e. The summed E-state index contributed by atoms with van der Waals surface area (Å²) in [5, 5.41) is 0. The van der Waals surface area contributed by atoms with Gasteiger partial charge in [0.1, 0.15) is 13.2 Å². The Morgan fingerprint density at radius 3 is 0.908 bits per heavy atom. The molecule has 380 valence electrons. The Kier molecular flexibility index (Phi) is 52.3. The molecule has 0 saturated carbocycles. The fraction of sp³-hybridized carbons (Fsp3) is 0.847. The van der Waals surface area contributed by atoms with Crippen molar-refractivity contribution in [3.05, 3.63) is 36.5 Å². The molecule has 6 nitrogen and oxygen atoms in total. The van der Waals surface area contributed by atoms with Gasteiger partial charge in [0, 0.05) is 19.3 Å². The van der Waals surface area contributed by atoms with Gasteiger partial charge in [-0.3, -0.25) is 14.4 Å². The lowest BCUT2D eigenvalue weighted by molar-refractivity contribution is -0.167. The van der Waals surface area contributed by atoms with Crippen LogP contribution < -0.4 is 0 Å². The van der Waals surface area contributed by atoms with Gasteiger partial charge in [-0.2, -0.15) is 0 Å². The van der Waals surface area contributed by atoms with Crippen LogP contribution in [0.4, 0.5) is 0 Å². The van der Waals surface area contributed by atoms with Crippen molar-refractivity contribution in [2.75, 3.05) is 13.2 Å². The van der Waals surface area contributed by atoms with E-state index in [1.54, 1.807) is 0 Å². The minimum atomic E-state index is -0.769. The van der Waals surface area contributed by atoms with E-state index in [0.29, 0.717) is 19.3 Å². The zero-order valence-corrected chi connectivity index (χ0v) is 43.5. The molecule has 0 aromatic rings. The molecule has 1 unspecified atom stereocenters. The van der Waals surface area contributed by atoms with Gasteiger partial charge in [-0.25, -0.2) is 0 Å². The van der Waals surface area contributed by atoms with Crippen molar-refractivity contribution in [1.29, 1.82) is 0 Å². The number of rotatable bonds is 52. The van der Waals surface area contributed by atoms with Crippen LogP contribution in [0.5, 0.6) is 0 Å². The van der Waals surface area contributed by atoms with Crippen molar-refractivity contribution in [2.45, 2.75) is 309 Å². The Morgan fingerprint density at radius 2 is 0.569 bits per heavy atom. The monoisotopic (exact) mass is 913 g/mol. The van der Waals surface area contributed by atoms with E-state index in [1.807, 2.05) is 0 Å². The molecule has 0 heterocycles. The first-order valence-corrected chi connectivity index (χ1v) is 28.5. The molecule has 0 aliphatic rings. The van der Waals surface area contributed by atoms with Crippen molar-refractivity contribution in [1.82, 2.24) is 0 Å². The second-order valence-corrected chi connectivity index (χ2v) is 19.2. The number of ether oxygens (including phenoxy) is 3. The first-order chi connectivity index (χ1) is 32.0. The van der Waals surface area contributed by atoms with Gasteiger partial charge in [-0.15, -0.1) is 0 Å². The maximum absolute atomic E-state index is 12.7. The number of unbranched alkanes of at least 4 members (excludes halogenated alkanes) is 35. The minimum absolute atomic E-state index is 0.0721. The van der Waals surface area contributed by atoms with Crippen LogP contribution in [-0.4, -0.2) is 37.2 Å². The van der Waals surface area contributed by atoms with Crippen LogP contribution in [0.3, 0.4) is 0 Å². The van der Waals surface area contributed by atoms with Crippen LogP contribution in [0.25, 0.3) is 0 Å². The molecular formula is C59H108O6. The molecule has 6 heteroatoms. The normalized spacial score (nSPS) is 12.2. The molecule has 0 amide bonds. The van der Waals surface area contributed by atoms with Crippen molar-refractivity contribution in [2.24, 2.45) is 0 Å². The Labute approximate surface area is 404 Å². The maximum Gasteiger partial charge on any atom is 0.306 e. The standard InChI is InChI=1S/C59H108O6/c1-4-7-10-13-16-18-20-21-22-23-24-25-26-27-28-29-30-31-32-33-34-35-36-37-39-40-43-46-49-52-58(61)64-55-56(54-63-57(60)51-48-45-42-15-12-9-6-3)65-59(62)53-50-47-44-41-38-19-17-14-11-8-5-2/h14,17,20-21,23-24,56H,4-13,15-16,18-19,22,25-55H2,1-3H3/b17-14-,21-20-,24-23-. The van der Waals surface area contributed by atoms with E-state index in [1.165, 1.54) is 186 Å². The van der Waals surface area contributed by atoms with E-state index in [2.05, 4.69) is 57.2 Å². The molecule has 65 heavy (non-hydrogen) atoms. The summed E-state index contributed by atoms with van der Waals surface area (Å²) >= 11 is 0. The Balaban J connectivity index is 3.98. The molecule has 0 aromatic heterocycles. The van der Waals surface area contributed by atoms with Crippen LogP contribution in [0.15, 0.2) is 36.5 Å². The summed E-state index contributed by atoms with van der Waals surface area (Å²) in [6.45, 7) is 6.56. The van der Waals surface area contributed by atoms with Crippen LogP contribution in [0, 0.1) is 0 Å². The maximum atomic E-state index is 12.7. The van der Waals surface area contributed by atoms with Crippen LogP contribution in [0.2, 0.25) is 0 Å². The van der Waals surface area contributed by atoms with Gasteiger partial charge in [0.05, 0.1) is 0 Å². The highest BCUT2D eigenvalue weighted by molar-refractivity contribution is 5.71. The molecule has 0 spiro atoms. The van der Waals surface area contributed by atoms with E-state index in [9.17, 15) is 14.4 Å². The van der Waals surface area contributed by atoms with Crippen LogP contribution >= 0.6 is 0 Å². The fourth-order valence-corrected chi connectivity index (χ4v) is 8.28. The largest absolute Gasteiger partial charge is 0.462 e. The van der Waals surface area contributed by atoms with Gasteiger partial charge in [0.25, 0.3) is 0 Å². The molecule has 0 fully saturated rings. The highest BCUT2D eigenvalue weighted by atomic mass is 16.6. The zero-order chi connectivity index (χ0) is 47.2. The second kappa shape index (κ2) is 54.2. The van der Waals surface area contributed by atoms with Crippen molar-refractivity contribution < 1.29 is 28.6 Å². The first kappa shape index (κ1) is 62.6. The lowest BCUT2D eigenvalue weighted by atomic mass is 10.0. The molecular weight excluding hydrogens is 805 g/mol. The fourth-order valence-electron chi connectivity index (χ4n) is 8.28. The lowest BCUT2D eigenvalue weighted by Gasteiger charge is -2.18. The zero-order valence-electron chi connectivity index (χ0n) is 43.5. The van der Waals surface area contributed by atoms with Gasteiger partial charge < -0.3 is 14.2 Å². The van der Waals surface area contributed by atoms with E-state index in [4.69, 9.17) is 14.2 Å². The van der Waals surface area contributed by atoms with Gasteiger partial charge in [0.2, 0.25) is 0 Å². The third-order valence-electron chi connectivity index (χ3n) is 12.6. The molecule has 0 saturated heterocycles. The first-order valence-electron chi connectivity index (χ1n) is 28.5. The van der Waals surface area contributed by atoms with Crippen LogP contribution in [-0.2, 0) is 28.6 Å². The lowest BCUT2D eigenvalue weighted by Crippen LogP contribution is -2.30. The summed E-state index contributed by atoms with van der Waals surface area (Å²) in [6.07, 6.45) is 64.6. The predicted octanol–water partition coefficient (Wildman–Crippen LogP) is 18.9. The summed E-state index contributed by atoms with van der Waals surface area (Å²) < 4.78 is 16.7. The Morgan fingerprint density at radius 1 is 0.308 bits per heavy atom. The van der Waals surface area contributed by atoms with Crippen LogP contribution in [0.1, 0.15) is 303 Å². The average Bonchev–Trinajstić information content (AvgIpc) is 3.30. The van der Waals surface area contributed by atoms with Gasteiger partial charge in [-0.1, -0.05) is 250 Å². The highest BCUT2D eigenvalue weighted by Crippen LogP contribution is 2.16. The summed E-state index contributed by atoms with van der Waals surface area (Å²) in [5.74, 6) is -0.878. The average molecular weight is 914 g/mol. The summed E-state index contributed by atoms with van der Waals surface area (Å²) in [4.78, 5) is 37.8. The number of esters is 3. The molecule has 0 N–H and O–H groups in total. The summed E-state index contributed by atoms with van der Waals surface area (Å²) in [6, 6.07) is 0. The number of hydrogen-bond acceptors (Lipinski definition) is 6. The quantitative estimate of drug-likeness (QED) is 0.0262. The second-order valence-electron chi connectivity index (χ2n) is 19.2. The number of allylic oxidation sites excluding steroid dienone is 6. The van der Waals surface area contributed by atoms with E-state index >= 15 is 0 Å². The molecule has 0 aliphatic carbocycles. The van der Waals surface area contributed by atoms with Gasteiger partial charge in [0.15, 0.2) is 6.10 Å². The molecule has 1 atom stereocenters. The molecule has 0 radical (unpaired) electrons. The third-order valence-corrected chi connectivity index (χ3v) is 12.6. The van der Waals surface area contributed by atoms with Crippen molar-refractivity contribution in [3.63, 3.8) is 0 Å². The number of carbonyl (C=O) groups is 3. The van der Waals surface area contributed by atoms with E-state index in [-0.39, 0.29) is 31.1 Å². The van der Waals surface area contributed by atoms with Gasteiger partial charge in [-0.05, 0) is 70.6 Å².